The van der Waals surface area contributed by atoms with Crippen LogP contribution in [-0.2, 0) is 4.79 Å². The van der Waals surface area contributed by atoms with E-state index in [1.807, 2.05) is 24.1 Å². The largest absolute Gasteiger partial charge is 0.493 e. The Labute approximate surface area is 202 Å². The molecule has 1 N–H and O–H groups in total. The lowest BCUT2D eigenvalue weighted by atomic mass is 10.1. The first kappa shape index (κ1) is 23.5. The SMILES string of the molecule is COc1cc2ncnc(Nc3ccc(C#N)c(Cl)c3)c2cc1O[C@H]1C[C@H](C(=O)N(C)C)N(C)C1. The third-order valence-electron chi connectivity index (χ3n) is 5.80. The van der Waals surface area contributed by atoms with Gasteiger partial charge in [0.05, 0.1) is 29.3 Å². The van der Waals surface area contributed by atoms with Gasteiger partial charge >= 0.3 is 0 Å². The lowest BCUT2D eigenvalue weighted by Crippen LogP contribution is -2.40. The quantitative estimate of drug-likeness (QED) is 0.572. The molecular weight excluding hydrogens is 456 g/mol. The minimum Gasteiger partial charge on any atom is -0.493 e. The summed E-state index contributed by atoms with van der Waals surface area (Å²) < 4.78 is 11.9. The molecule has 1 aromatic heterocycles. The van der Waals surface area contributed by atoms with Crippen LogP contribution in [0.2, 0.25) is 5.02 Å². The van der Waals surface area contributed by atoms with Crippen LogP contribution in [0.5, 0.6) is 11.5 Å². The number of nitrogens with zero attached hydrogens (tertiary/aromatic N) is 5. The summed E-state index contributed by atoms with van der Waals surface area (Å²) in [6.07, 6.45) is 1.86. The summed E-state index contributed by atoms with van der Waals surface area (Å²) >= 11 is 6.18. The first-order valence-corrected chi connectivity index (χ1v) is 11.1. The fourth-order valence-corrected chi connectivity index (χ4v) is 4.26. The summed E-state index contributed by atoms with van der Waals surface area (Å²) in [7, 11) is 7.01. The van der Waals surface area contributed by atoms with Crippen molar-refractivity contribution in [1.29, 1.82) is 5.26 Å². The van der Waals surface area contributed by atoms with E-state index in [4.69, 9.17) is 26.3 Å². The van der Waals surface area contributed by atoms with Crippen LogP contribution in [0.3, 0.4) is 0 Å². The molecule has 10 heteroatoms. The van der Waals surface area contributed by atoms with Crippen molar-refractivity contribution in [2.45, 2.75) is 18.6 Å². The molecule has 1 aliphatic rings. The number of halogens is 1. The average Bonchev–Trinajstić information content (AvgIpc) is 3.18. The molecule has 0 aliphatic carbocycles. The molecule has 9 nitrogen and oxygen atoms in total. The van der Waals surface area contributed by atoms with Gasteiger partial charge in [-0.1, -0.05) is 11.6 Å². The fourth-order valence-electron chi connectivity index (χ4n) is 4.04. The van der Waals surface area contributed by atoms with E-state index in [0.29, 0.717) is 52.1 Å². The monoisotopic (exact) mass is 480 g/mol. The summed E-state index contributed by atoms with van der Waals surface area (Å²) in [6.45, 7) is 0.617. The lowest BCUT2D eigenvalue weighted by molar-refractivity contribution is -0.133. The van der Waals surface area contributed by atoms with Crippen molar-refractivity contribution in [2.24, 2.45) is 0 Å². The highest BCUT2D eigenvalue weighted by Crippen LogP contribution is 2.37. The van der Waals surface area contributed by atoms with Gasteiger partial charge in [0.1, 0.15) is 24.3 Å². The second kappa shape index (κ2) is 9.71. The van der Waals surface area contributed by atoms with Gasteiger partial charge in [0.25, 0.3) is 0 Å². The molecule has 2 aromatic carbocycles. The number of rotatable bonds is 6. The number of aromatic nitrogens is 2. The standard InChI is InChI=1S/C24H25ClN6O3/c1-30(2)24(32)20-8-16(12-31(20)3)34-22-9-17-19(10-21(22)33-4)27-13-28-23(17)29-15-6-5-14(11-26)18(25)7-15/h5-7,9-10,13,16,20H,8,12H2,1-4H3,(H,27,28,29)/t16-,20+/m0/s1. The third-order valence-corrected chi connectivity index (χ3v) is 6.12. The van der Waals surface area contributed by atoms with E-state index < -0.39 is 0 Å². The summed E-state index contributed by atoms with van der Waals surface area (Å²) in [5.74, 6) is 1.70. The molecule has 0 saturated carbocycles. The smallest absolute Gasteiger partial charge is 0.239 e. The topological polar surface area (TPSA) is 104 Å². The van der Waals surface area contributed by atoms with Gasteiger partial charge in [0.2, 0.25) is 5.91 Å². The Bertz CT molecular complexity index is 1280. The Balaban J connectivity index is 1.64. The number of anilines is 2. The number of carbonyl (C=O) groups excluding carboxylic acids is 1. The zero-order valence-electron chi connectivity index (χ0n) is 19.4. The van der Waals surface area contributed by atoms with Crippen LogP contribution in [0.15, 0.2) is 36.7 Å². The molecule has 4 rings (SSSR count). The molecule has 0 bridgehead atoms. The van der Waals surface area contributed by atoms with Gasteiger partial charge in [0, 0.05) is 44.2 Å². The Morgan fingerprint density at radius 3 is 2.74 bits per heavy atom. The molecule has 1 amide bonds. The number of likely N-dealkylation sites (N-methyl/N-ethyl adjacent to an activating group) is 2. The van der Waals surface area contributed by atoms with Crippen LogP contribution in [0.1, 0.15) is 12.0 Å². The van der Waals surface area contributed by atoms with Crippen LogP contribution in [-0.4, -0.2) is 72.6 Å². The highest BCUT2D eigenvalue weighted by molar-refractivity contribution is 6.32. The molecular formula is C24H25ClN6O3. The van der Waals surface area contributed by atoms with E-state index in [1.165, 1.54) is 6.33 Å². The predicted octanol–water partition coefficient (Wildman–Crippen LogP) is 3.45. The van der Waals surface area contributed by atoms with Gasteiger partial charge in [-0.2, -0.15) is 5.26 Å². The van der Waals surface area contributed by atoms with Gasteiger partial charge in [-0.15, -0.1) is 0 Å². The van der Waals surface area contributed by atoms with Crippen LogP contribution >= 0.6 is 11.6 Å². The molecule has 1 saturated heterocycles. The maximum Gasteiger partial charge on any atom is 0.239 e. The zero-order chi connectivity index (χ0) is 24.4. The molecule has 2 heterocycles. The first-order valence-electron chi connectivity index (χ1n) is 10.7. The molecule has 2 atom stereocenters. The van der Waals surface area contributed by atoms with E-state index in [2.05, 4.69) is 15.3 Å². The van der Waals surface area contributed by atoms with Crippen LogP contribution in [0.25, 0.3) is 10.9 Å². The normalized spacial score (nSPS) is 17.9. The van der Waals surface area contributed by atoms with Gasteiger partial charge < -0.3 is 19.7 Å². The van der Waals surface area contributed by atoms with Crippen molar-refractivity contribution in [3.05, 3.63) is 47.2 Å². The number of methoxy groups -OCH3 is 1. The van der Waals surface area contributed by atoms with Gasteiger partial charge in [-0.25, -0.2) is 9.97 Å². The number of fused-ring (bicyclic) bond motifs is 1. The lowest BCUT2D eigenvalue weighted by Gasteiger charge is -2.21. The highest BCUT2D eigenvalue weighted by Gasteiger charge is 2.36. The van der Waals surface area contributed by atoms with Crippen LogP contribution in [0, 0.1) is 11.3 Å². The number of ether oxygens (including phenoxy) is 2. The Kier molecular flexibility index (Phi) is 6.72. The number of nitrogens with one attached hydrogen (secondary N) is 1. The number of amides is 1. The van der Waals surface area contributed by atoms with E-state index >= 15 is 0 Å². The van der Waals surface area contributed by atoms with Crippen molar-refractivity contribution in [1.82, 2.24) is 19.8 Å². The zero-order valence-corrected chi connectivity index (χ0v) is 20.1. The fraction of sp³-hybridized carbons (Fsp3) is 0.333. The van der Waals surface area contributed by atoms with Crippen molar-refractivity contribution in [2.75, 3.05) is 40.1 Å². The third kappa shape index (κ3) is 4.69. The van der Waals surface area contributed by atoms with Gasteiger partial charge in [-0.3, -0.25) is 9.69 Å². The molecule has 0 radical (unpaired) electrons. The molecule has 176 valence electrons. The first-order chi connectivity index (χ1) is 16.3. The van der Waals surface area contributed by atoms with Crippen LogP contribution in [0.4, 0.5) is 11.5 Å². The number of likely N-dealkylation sites (tertiary alicyclic amines) is 1. The predicted molar refractivity (Wildman–Crippen MR) is 130 cm³/mol. The average molecular weight is 481 g/mol. The van der Waals surface area contributed by atoms with Crippen molar-refractivity contribution in [3.8, 4) is 17.6 Å². The summed E-state index contributed by atoms with van der Waals surface area (Å²) in [6, 6.07) is 10.5. The number of carbonyl (C=O) groups is 1. The number of hydrogen-bond acceptors (Lipinski definition) is 8. The Morgan fingerprint density at radius 2 is 2.06 bits per heavy atom. The second-order valence-corrected chi connectivity index (χ2v) is 8.74. The summed E-state index contributed by atoms with van der Waals surface area (Å²) in [5, 5.41) is 13.4. The molecule has 3 aromatic rings. The van der Waals surface area contributed by atoms with E-state index in [-0.39, 0.29) is 18.1 Å². The maximum atomic E-state index is 12.5. The molecule has 0 spiro atoms. The summed E-state index contributed by atoms with van der Waals surface area (Å²) in [5.41, 5.74) is 1.75. The molecule has 1 fully saturated rings. The van der Waals surface area contributed by atoms with Gasteiger partial charge in [0.15, 0.2) is 11.5 Å². The Morgan fingerprint density at radius 1 is 1.26 bits per heavy atom. The number of nitriles is 1. The van der Waals surface area contributed by atoms with Crippen molar-refractivity contribution >= 4 is 39.9 Å². The van der Waals surface area contributed by atoms with E-state index in [0.717, 1.165) is 5.39 Å². The molecule has 34 heavy (non-hydrogen) atoms. The number of hydrogen-bond donors (Lipinski definition) is 1. The second-order valence-electron chi connectivity index (χ2n) is 8.34. The maximum absolute atomic E-state index is 12.5. The highest BCUT2D eigenvalue weighted by atomic mass is 35.5. The molecule has 1 aliphatic heterocycles. The van der Waals surface area contributed by atoms with Crippen LogP contribution < -0.4 is 14.8 Å². The van der Waals surface area contributed by atoms with Gasteiger partial charge in [-0.05, 0) is 31.3 Å². The minimum atomic E-state index is -0.229. The van der Waals surface area contributed by atoms with E-state index in [9.17, 15) is 4.79 Å². The Hall–Kier alpha value is -3.61. The van der Waals surface area contributed by atoms with Crippen molar-refractivity contribution < 1.29 is 14.3 Å². The molecule has 0 unspecified atom stereocenters. The number of benzene rings is 2. The minimum absolute atomic E-state index is 0.0556. The summed E-state index contributed by atoms with van der Waals surface area (Å²) in [4.78, 5) is 24.8. The van der Waals surface area contributed by atoms with Crippen molar-refractivity contribution in [3.63, 3.8) is 0 Å². The van der Waals surface area contributed by atoms with E-state index in [1.54, 1.807) is 50.4 Å².